The maximum Gasteiger partial charge on any atom is 0.102 e. The summed E-state index contributed by atoms with van der Waals surface area (Å²) in [6.07, 6.45) is 3.81. The highest BCUT2D eigenvalue weighted by atomic mass is 32.1. The number of allylic oxidation sites excluding steroid dienone is 1. The Morgan fingerprint density at radius 1 is 1.43 bits per heavy atom. The van der Waals surface area contributed by atoms with E-state index in [-0.39, 0.29) is 0 Å². The summed E-state index contributed by atoms with van der Waals surface area (Å²) in [6, 6.07) is 6.26. The second-order valence-electron chi connectivity index (χ2n) is 5.65. The Bertz CT molecular complexity index is 769. The zero-order valence-electron chi connectivity index (χ0n) is 13.5. The molecule has 5 nitrogen and oxygen atoms in total. The Balaban J connectivity index is 1.63. The smallest absolute Gasteiger partial charge is 0.102 e. The highest BCUT2D eigenvalue weighted by molar-refractivity contribution is 7.13. The quantitative estimate of drug-likeness (QED) is 0.676. The molecule has 6 heteroatoms. The van der Waals surface area contributed by atoms with Crippen LogP contribution in [0.15, 0.2) is 42.4 Å². The lowest BCUT2D eigenvalue weighted by atomic mass is 10.2. The van der Waals surface area contributed by atoms with Gasteiger partial charge in [0.15, 0.2) is 0 Å². The van der Waals surface area contributed by atoms with Crippen LogP contribution in [-0.2, 0) is 19.6 Å². The van der Waals surface area contributed by atoms with Crippen molar-refractivity contribution in [1.29, 1.82) is 0 Å². The number of rotatable bonds is 7. The summed E-state index contributed by atoms with van der Waals surface area (Å²) in [7, 11) is 2.11. The van der Waals surface area contributed by atoms with E-state index in [1.165, 1.54) is 16.1 Å². The molecule has 0 atom stereocenters. The van der Waals surface area contributed by atoms with Crippen LogP contribution in [0.2, 0.25) is 0 Å². The lowest BCUT2D eigenvalue weighted by Gasteiger charge is -2.15. The molecular formula is C17H21N5S. The fraction of sp³-hybridized carbons (Fsp3) is 0.294. The molecule has 0 bridgehead atoms. The molecule has 0 fully saturated rings. The highest BCUT2D eigenvalue weighted by Gasteiger charge is 2.11. The maximum absolute atomic E-state index is 4.40. The molecule has 0 radical (unpaired) electrons. The minimum absolute atomic E-state index is 0.750. The fourth-order valence-electron chi connectivity index (χ4n) is 2.58. The SMILES string of the molecule is C=CCn1ncc(CN(C)Cc2cc(-c3cccs3)n[nH]2)c1C. The zero-order chi connectivity index (χ0) is 16.2. The maximum atomic E-state index is 4.40. The third-order valence-electron chi connectivity index (χ3n) is 3.79. The van der Waals surface area contributed by atoms with Crippen molar-refractivity contribution < 1.29 is 0 Å². The van der Waals surface area contributed by atoms with Crippen molar-refractivity contribution in [3.8, 4) is 10.6 Å². The normalized spacial score (nSPS) is 11.3. The van der Waals surface area contributed by atoms with Crippen molar-refractivity contribution in [2.45, 2.75) is 26.6 Å². The number of H-pyrrole nitrogens is 1. The van der Waals surface area contributed by atoms with Gasteiger partial charge in [-0.3, -0.25) is 14.7 Å². The van der Waals surface area contributed by atoms with Gasteiger partial charge >= 0.3 is 0 Å². The van der Waals surface area contributed by atoms with Gasteiger partial charge in [0.25, 0.3) is 0 Å². The molecule has 0 aliphatic heterocycles. The first kappa shape index (κ1) is 15.7. The zero-order valence-corrected chi connectivity index (χ0v) is 14.3. The Hall–Kier alpha value is -2.18. The van der Waals surface area contributed by atoms with E-state index >= 15 is 0 Å². The minimum Gasteiger partial charge on any atom is -0.296 e. The summed E-state index contributed by atoms with van der Waals surface area (Å²) >= 11 is 1.70. The summed E-state index contributed by atoms with van der Waals surface area (Å²) in [5.74, 6) is 0. The van der Waals surface area contributed by atoms with Crippen LogP contribution in [-0.4, -0.2) is 31.9 Å². The molecule has 0 spiro atoms. The van der Waals surface area contributed by atoms with Crippen molar-refractivity contribution >= 4 is 11.3 Å². The predicted molar refractivity (Wildman–Crippen MR) is 94.2 cm³/mol. The van der Waals surface area contributed by atoms with E-state index < -0.39 is 0 Å². The standard InChI is InChI=1S/C17H21N5S/c1-4-7-22-13(2)14(10-18-22)11-21(3)12-15-9-16(20-19-15)17-6-5-8-23-17/h4-6,8-10H,1,7,11-12H2,2-3H3,(H,19,20). The topological polar surface area (TPSA) is 49.7 Å². The molecule has 0 saturated carbocycles. The first-order valence-corrected chi connectivity index (χ1v) is 8.44. The van der Waals surface area contributed by atoms with Crippen LogP contribution in [0.1, 0.15) is 17.0 Å². The summed E-state index contributed by atoms with van der Waals surface area (Å²) in [5.41, 5.74) is 4.57. The van der Waals surface area contributed by atoms with Crippen LogP contribution >= 0.6 is 11.3 Å². The molecule has 120 valence electrons. The molecule has 0 unspecified atom stereocenters. The molecule has 0 aliphatic carbocycles. The average Bonchev–Trinajstić information content (AvgIpc) is 3.24. The molecule has 0 saturated heterocycles. The van der Waals surface area contributed by atoms with E-state index in [0.29, 0.717) is 0 Å². The number of aromatic nitrogens is 4. The molecule has 1 N–H and O–H groups in total. The highest BCUT2D eigenvalue weighted by Crippen LogP contribution is 2.23. The monoisotopic (exact) mass is 327 g/mol. The van der Waals surface area contributed by atoms with E-state index in [9.17, 15) is 0 Å². The van der Waals surface area contributed by atoms with Crippen LogP contribution in [0, 0.1) is 6.92 Å². The molecule has 0 aliphatic rings. The van der Waals surface area contributed by atoms with Crippen molar-refractivity contribution in [3.05, 3.63) is 59.4 Å². The number of hydrogen-bond donors (Lipinski definition) is 1. The summed E-state index contributed by atoms with van der Waals surface area (Å²) in [4.78, 5) is 3.45. The van der Waals surface area contributed by atoms with Gasteiger partial charge < -0.3 is 0 Å². The molecule has 23 heavy (non-hydrogen) atoms. The number of hydrogen-bond acceptors (Lipinski definition) is 4. The van der Waals surface area contributed by atoms with E-state index in [4.69, 9.17) is 0 Å². The Morgan fingerprint density at radius 3 is 3.04 bits per heavy atom. The third kappa shape index (κ3) is 3.60. The van der Waals surface area contributed by atoms with Gasteiger partial charge in [-0.05, 0) is 31.5 Å². The Kier molecular flexibility index (Phi) is 4.73. The number of thiophene rings is 1. The molecular weight excluding hydrogens is 306 g/mol. The second kappa shape index (κ2) is 6.93. The summed E-state index contributed by atoms with van der Waals surface area (Å²) in [5, 5.41) is 14.0. The molecule has 3 heterocycles. The number of aromatic amines is 1. The van der Waals surface area contributed by atoms with Gasteiger partial charge in [0.05, 0.1) is 17.6 Å². The van der Waals surface area contributed by atoms with Gasteiger partial charge in [-0.25, -0.2) is 0 Å². The molecule has 3 rings (SSSR count). The van der Waals surface area contributed by atoms with Crippen molar-refractivity contribution in [2.75, 3.05) is 7.05 Å². The van der Waals surface area contributed by atoms with Gasteiger partial charge in [-0.15, -0.1) is 17.9 Å². The summed E-state index contributed by atoms with van der Waals surface area (Å²) < 4.78 is 1.97. The first-order chi connectivity index (χ1) is 11.2. The molecule has 0 aromatic carbocycles. The lowest BCUT2D eigenvalue weighted by Crippen LogP contribution is -2.18. The number of nitrogens with zero attached hydrogens (tertiary/aromatic N) is 4. The van der Waals surface area contributed by atoms with Crippen molar-refractivity contribution in [2.24, 2.45) is 0 Å². The van der Waals surface area contributed by atoms with E-state index in [1.54, 1.807) is 11.3 Å². The lowest BCUT2D eigenvalue weighted by molar-refractivity contribution is 0.314. The largest absolute Gasteiger partial charge is 0.296 e. The molecule has 0 amide bonds. The van der Waals surface area contributed by atoms with Crippen molar-refractivity contribution in [3.63, 3.8) is 0 Å². The molecule has 3 aromatic heterocycles. The van der Waals surface area contributed by atoms with Gasteiger partial charge in [-0.1, -0.05) is 12.1 Å². The van der Waals surface area contributed by atoms with Crippen molar-refractivity contribution in [1.82, 2.24) is 24.9 Å². The van der Waals surface area contributed by atoms with Crippen LogP contribution in [0.5, 0.6) is 0 Å². The van der Waals surface area contributed by atoms with Crippen LogP contribution in [0.25, 0.3) is 10.6 Å². The minimum atomic E-state index is 0.750. The number of nitrogens with one attached hydrogen (secondary N) is 1. The Morgan fingerprint density at radius 2 is 2.30 bits per heavy atom. The van der Waals surface area contributed by atoms with Crippen LogP contribution in [0.4, 0.5) is 0 Å². The fourth-order valence-corrected chi connectivity index (χ4v) is 3.26. The predicted octanol–water partition coefficient (Wildman–Crippen LogP) is 3.46. The van der Waals surface area contributed by atoms with E-state index in [0.717, 1.165) is 31.0 Å². The second-order valence-corrected chi connectivity index (χ2v) is 6.60. The summed E-state index contributed by atoms with van der Waals surface area (Å²) in [6.45, 7) is 8.30. The van der Waals surface area contributed by atoms with Crippen LogP contribution in [0.3, 0.4) is 0 Å². The van der Waals surface area contributed by atoms with E-state index in [2.05, 4.69) is 58.3 Å². The van der Waals surface area contributed by atoms with Crippen LogP contribution < -0.4 is 0 Å². The van der Waals surface area contributed by atoms with Gasteiger partial charge in [-0.2, -0.15) is 10.2 Å². The molecule has 3 aromatic rings. The van der Waals surface area contributed by atoms with Gasteiger partial charge in [0.1, 0.15) is 5.69 Å². The van der Waals surface area contributed by atoms with E-state index in [1.807, 2.05) is 23.0 Å². The Labute approximate surface area is 140 Å². The average molecular weight is 327 g/mol. The van der Waals surface area contributed by atoms with Gasteiger partial charge in [0, 0.05) is 30.0 Å². The first-order valence-electron chi connectivity index (χ1n) is 7.56. The van der Waals surface area contributed by atoms with Gasteiger partial charge in [0.2, 0.25) is 0 Å². The third-order valence-corrected chi connectivity index (χ3v) is 4.68.